The van der Waals surface area contributed by atoms with Gasteiger partial charge in [0.05, 0.1) is 6.61 Å². The van der Waals surface area contributed by atoms with Crippen LogP contribution in [0, 0.1) is 5.92 Å². The molecule has 0 aliphatic heterocycles. The van der Waals surface area contributed by atoms with Crippen LogP contribution in [0.4, 0.5) is 0 Å². The summed E-state index contributed by atoms with van der Waals surface area (Å²) in [6, 6.07) is 1.61. The molecule has 4 nitrogen and oxygen atoms in total. The molecular formula is C14H23NO3S2. The molecule has 0 aromatic carbocycles. The quantitative estimate of drug-likeness (QED) is 0.848. The second-order valence-corrected chi connectivity index (χ2v) is 8.41. The van der Waals surface area contributed by atoms with Gasteiger partial charge < -0.3 is 5.11 Å². The Hall–Kier alpha value is -0.430. The second kappa shape index (κ2) is 7.02. The van der Waals surface area contributed by atoms with E-state index >= 15 is 0 Å². The summed E-state index contributed by atoms with van der Waals surface area (Å²) < 4.78 is 27.6. The van der Waals surface area contributed by atoms with Crippen LogP contribution in [0.1, 0.15) is 51.0 Å². The lowest BCUT2D eigenvalue weighted by Gasteiger charge is -2.28. The predicted octanol–water partition coefficient (Wildman–Crippen LogP) is 2.88. The minimum absolute atomic E-state index is 0.0628. The van der Waals surface area contributed by atoms with E-state index < -0.39 is 10.0 Å². The first-order valence-electron chi connectivity index (χ1n) is 7.25. The predicted molar refractivity (Wildman–Crippen MR) is 81.2 cm³/mol. The van der Waals surface area contributed by atoms with Gasteiger partial charge in [-0.05, 0) is 48.6 Å². The van der Waals surface area contributed by atoms with Crippen molar-refractivity contribution in [3.8, 4) is 0 Å². The zero-order valence-corrected chi connectivity index (χ0v) is 13.5. The minimum atomic E-state index is -3.42. The van der Waals surface area contributed by atoms with Crippen LogP contribution in [0.5, 0.6) is 0 Å². The Labute approximate surface area is 125 Å². The Morgan fingerprint density at radius 2 is 2.05 bits per heavy atom. The minimum Gasteiger partial charge on any atom is -0.392 e. The number of thiophene rings is 1. The summed E-state index contributed by atoms with van der Waals surface area (Å²) >= 11 is 1.17. The Balaban J connectivity index is 1.92. The molecule has 2 rings (SSSR count). The molecule has 2 N–H and O–H groups in total. The first kappa shape index (κ1) is 15.9. The van der Waals surface area contributed by atoms with Gasteiger partial charge in [0.25, 0.3) is 0 Å². The van der Waals surface area contributed by atoms with E-state index in [9.17, 15) is 8.42 Å². The van der Waals surface area contributed by atoms with Gasteiger partial charge in [-0.2, -0.15) is 0 Å². The molecule has 0 radical (unpaired) electrons. The number of hydrogen-bond acceptors (Lipinski definition) is 4. The van der Waals surface area contributed by atoms with Gasteiger partial charge in [-0.3, -0.25) is 0 Å². The molecule has 1 aliphatic rings. The first-order valence-corrected chi connectivity index (χ1v) is 9.62. The Bertz CT molecular complexity index is 516. The van der Waals surface area contributed by atoms with Crippen molar-refractivity contribution in [2.75, 3.05) is 0 Å². The molecule has 0 bridgehead atoms. The van der Waals surface area contributed by atoms with Gasteiger partial charge in [-0.15, -0.1) is 11.3 Å². The van der Waals surface area contributed by atoms with Gasteiger partial charge >= 0.3 is 0 Å². The molecule has 1 aliphatic carbocycles. The molecule has 0 atom stereocenters. The molecule has 0 amide bonds. The number of rotatable bonds is 6. The fraction of sp³-hybridized carbons (Fsp3) is 0.714. The molecule has 1 aromatic rings. The zero-order chi connectivity index (χ0) is 14.6. The summed E-state index contributed by atoms with van der Waals surface area (Å²) in [5, 5.41) is 10.7. The fourth-order valence-corrected chi connectivity index (χ4v) is 5.35. The lowest BCUT2D eigenvalue weighted by atomic mass is 9.84. The molecule has 0 unspecified atom stereocenters. The maximum absolute atomic E-state index is 12.3. The number of hydrogen-bond donors (Lipinski definition) is 2. The van der Waals surface area contributed by atoms with Crippen LogP contribution in [-0.4, -0.2) is 19.6 Å². The molecule has 6 heteroatoms. The monoisotopic (exact) mass is 317 g/mol. The van der Waals surface area contributed by atoms with Crippen LogP contribution in [0.25, 0.3) is 0 Å². The fourth-order valence-electron chi connectivity index (χ4n) is 2.83. The molecular weight excluding hydrogens is 294 g/mol. The zero-order valence-electron chi connectivity index (χ0n) is 11.8. The SMILES string of the molecule is CCCC1CCC(NS(=O)(=O)c2cc(CO)cs2)CC1. The van der Waals surface area contributed by atoms with Crippen molar-refractivity contribution in [3.63, 3.8) is 0 Å². The van der Waals surface area contributed by atoms with Crippen LogP contribution in [0.2, 0.25) is 0 Å². The summed E-state index contributed by atoms with van der Waals surface area (Å²) in [5.74, 6) is 0.767. The summed E-state index contributed by atoms with van der Waals surface area (Å²) in [5.41, 5.74) is 0.655. The van der Waals surface area contributed by atoms with Crippen LogP contribution in [0.15, 0.2) is 15.7 Å². The van der Waals surface area contributed by atoms with Gasteiger partial charge in [0.1, 0.15) is 4.21 Å². The van der Waals surface area contributed by atoms with Crippen LogP contribution < -0.4 is 4.72 Å². The van der Waals surface area contributed by atoms with Gasteiger partial charge in [-0.1, -0.05) is 19.8 Å². The van der Waals surface area contributed by atoms with E-state index in [2.05, 4.69) is 11.6 Å². The molecule has 114 valence electrons. The Morgan fingerprint density at radius 1 is 1.35 bits per heavy atom. The van der Waals surface area contributed by atoms with Crippen LogP contribution in [0.3, 0.4) is 0 Å². The highest BCUT2D eigenvalue weighted by Gasteiger charge is 2.26. The molecule has 1 aromatic heterocycles. The van der Waals surface area contributed by atoms with Gasteiger partial charge in [0.2, 0.25) is 10.0 Å². The maximum atomic E-state index is 12.3. The topological polar surface area (TPSA) is 66.4 Å². The Morgan fingerprint density at radius 3 is 2.60 bits per heavy atom. The van der Waals surface area contributed by atoms with E-state index in [-0.39, 0.29) is 12.6 Å². The molecule has 1 saturated carbocycles. The smallest absolute Gasteiger partial charge is 0.250 e. The number of aliphatic hydroxyl groups excluding tert-OH is 1. The molecule has 0 spiro atoms. The van der Waals surface area contributed by atoms with Crippen molar-refractivity contribution in [2.24, 2.45) is 5.92 Å². The number of aliphatic hydroxyl groups is 1. The van der Waals surface area contributed by atoms with Crippen molar-refractivity contribution in [1.82, 2.24) is 4.72 Å². The van der Waals surface area contributed by atoms with E-state index in [0.717, 1.165) is 31.6 Å². The third-order valence-corrected chi connectivity index (χ3v) is 6.95. The van der Waals surface area contributed by atoms with Crippen molar-refractivity contribution in [3.05, 3.63) is 17.0 Å². The van der Waals surface area contributed by atoms with Crippen LogP contribution >= 0.6 is 11.3 Å². The van der Waals surface area contributed by atoms with Crippen molar-refractivity contribution >= 4 is 21.4 Å². The van der Waals surface area contributed by atoms with E-state index in [1.165, 1.54) is 24.2 Å². The first-order chi connectivity index (χ1) is 9.55. The molecule has 1 heterocycles. The van der Waals surface area contributed by atoms with Crippen LogP contribution in [-0.2, 0) is 16.6 Å². The number of sulfonamides is 1. The lowest BCUT2D eigenvalue weighted by molar-refractivity contribution is 0.282. The third-order valence-electron chi connectivity index (χ3n) is 3.94. The highest BCUT2D eigenvalue weighted by atomic mass is 32.2. The van der Waals surface area contributed by atoms with Crippen molar-refractivity contribution < 1.29 is 13.5 Å². The molecule has 20 heavy (non-hydrogen) atoms. The van der Waals surface area contributed by atoms with Gasteiger partial charge in [0.15, 0.2) is 0 Å². The van der Waals surface area contributed by atoms with Gasteiger partial charge in [0, 0.05) is 6.04 Å². The standard InChI is InChI=1S/C14H23NO3S2/c1-2-3-11-4-6-13(7-5-11)15-20(17,18)14-8-12(9-16)10-19-14/h8,10-11,13,15-16H,2-7,9H2,1H3. The lowest BCUT2D eigenvalue weighted by Crippen LogP contribution is -2.37. The summed E-state index contributed by atoms with van der Waals surface area (Å²) in [4.78, 5) is 0. The molecule has 1 fully saturated rings. The largest absolute Gasteiger partial charge is 0.392 e. The van der Waals surface area contributed by atoms with E-state index in [0.29, 0.717) is 9.77 Å². The summed E-state index contributed by atoms with van der Waals surface area (Å²) in [6.45, 7) is 2.08. The highest BCUT2D eigenvalue weighted by Crippen LogP contribution is 2.29. The molecule has 0 saturated heterocycles. The maximum Gasteiger partial charge on any atom is 0.250 e. The van der Waals surface area contributed by atoms with Crippen molar-refractivity contribution in [1.29, 1.82) is 0 Å². The van der Waals surface area contributed by atoms with E-state index in [1.54, 1.807) is 11.4 Å². The summed E-state index contributed by atoms with van der Waals surface area (Å²) in [7, 11) is -3.42. The van der Waals surface area contributed by atoms with Gasteiger partial charge in [-0.25, -0.2) is 13.1 Å². The number of nitrogens with one attached hydrogen (secondary N) is 1. The normalized spacial score (nSPS) is 23.9. The van der Waals surface area contributed by atoms with E-state index in [1.807, 2.05) is 0 Å². The Kier molecular flexibility index (Phi) is 5.60. The van der Waals surface area contributed by atoms with E-state index in [4.69, 9.17) is 5.11 Å². The average Bonchev–Trinajstić information content (AvgIpc) is 2.91. The van der Waals surface area contributed by atoms with Crippen molar-refractivity contribution in [2.45, 2.75) is 62.3 Å². The highest BCUT2D eigenvalue weighted by molar-refractivity contribution is 7.91. The average molecular weight is 317 g/mol. The summed E-state index contributed by atoms with van der Waals surface area (Å²) in [6.07, 6.45) is 6.56. The second-order valence-electron chi connectivity index (χ2n) is 5.56. The third kappa shape index (κ3) is 4.04.